The van der Waals surface area contributed by atoms with Crippen molar-refractivity contribution < 1.29 is 23.7 Å². The third-order valence-electron chi connectivity index (χ3n) is 3.09. The van der Waals surface area contributed by atoms with Crippen molar-refractivity contribution in [1.82, 2.24) is 0 Å². The molecule has 0 saturated heterocycles. The average Bonchev–Trinajstić information content (AvgIpc) is 2.45. The number of primary amides is 1. The van der Waals surface area contributed by atoms with Gasteiger partial charge < -0.3 is 30.4 Å². The summed E-state index contributed by atoms with van der Waals surface area (Å²) in [5, 5.41) is 0. The van der Waals surface area contributed by atoms with Crippen LogP contribution in [0.4, 0.5) is 0 Å². The third kappa shape index (κ3) is 4.16. The van der Waals surface area contributed by atoms with E-state index < -0.39 is 11.4 Å². The number of methoxy groups -OCH3 is 3. The van der Waals surface area contributed by atoms with Gasteiger partial charge in [0.1, 0.15) is 5.75 Å². The first-order chi connectivity index (χ1) is 9.85. The molecule has 0 aromatic heterocycles. The van der Waals surface area contributed by atoms with Gasteiger partial charge in [0.25, 0.3) is 0 Å². The Morgan fingerprint density at radius 2 is 1.67 bits per heavy atom. The standard InChI is InChI=1S/C14H22N2O5/c1-14(16,13(15)17)5-6-21-9-7-10(18-2)12(20-4)11(8-9)19-3/h7-8H,5-6,16H2,1-4H3,(H2,15,17). The summed E-state index contributed by atoms with van der Waals surface area (Å²) < 4.78 is 21.2. The maximum Gasteiger partial charge on any atom is 0.237 e. The van der Waals surface area contributed by atoms with Crippen molar-refractivity contribution in [3.63, 3.8) is 0 Å². The highest BCUT2D eigenvalue weighted by molar-refractivity contribution is 5.83. The summed E-state index contributed by atoms with van der Waals surface area (Å²) in [7, 11) is 4.56. The number of hydrogen-bond acceptors (Lipinski definition) is 6. The lowest BCUT2D eigenvalue weighted by Gasteiger charge is -2.20. The summed E-state index contributed by atoms with van der Waals surface area (Å²) in [4.78, 5) is 11.1. The molecule has 0 aliphatic heterocycles. The van der Waals surface area contributed by atoms with Gasteiger partial charge in [-0.15, -0.1) is 0 Å². The SMILES string of the molecule is COc1cc(OCCC(C)(N)C(N)=O)cc(OC)c1OC. The highest BCUT2D eigenvalue weighted by Crippen LogP contribution is 2.40. The van der Waals surface area contributed by atoms with Gasteiger partial charge in [-0.25, -0.2) is 0 Å². The van der Waals surface area contributed by atoms with E-state index in [0.717, 1.165) is 0 Å². The van der Waals surface area contributed by atoms with Crippen LogP contribution < -0.4 is 30.4 Å². The predicted octanol–water partition coefficient (Wildman–Crippen LogP) is 0.684. The highest BCUT2D eigenvalue weighted by atomic mass is 16.5. The van der Waals surface area contributed by atoms with Gasteiger partial charge in [0.2, 0.25) is 11.7 Å². The Morgan fingerprint density at radius 3 is 2.05 bits per heavy atom. The molecule has 0 fully saturated rings. The molecule has 4 N–H and O–H groups in total. The number of ether oxygens (including phenoxy) is 4. The van der Waals surface area contributed by atoms with E-state index in [4.69, 9.17) is 30.4 Å². The largest absolute Gasteiger partial charge is 0.493 e. The Bertz CT molecular complexity index is 477. The molecule has 118 valence electrons. The van der Waals surface area contributed by atoms with E-state index in [1.54, 1.807) is 19.1 Å². The van der Waals surface area contributed by atoms with E-state index in [2.05, 4.69) is 0 Å². The van der Waals surface area contributed by atoms with Crippen LogP contribution in [0.2, 0.25) is 0 Å². The predicted molar refractivity (Wildman–Crippen MR) is 78.0 cm³/mol. The Balaban J connectivity index is 2.83. The van der Waals surface area contributed by atoms with Crippen LogP contribution in [0.3, 0.4) is 0 Å². The van der Waals surface area contributed by atoms with Crippen LogP contribution in [0.25, 0.3) is 0 Å². The fourth-order valence-electron chi connectivity index (χ4n) is 1.64. The molecule has 0 heterocycles. The second kappa shape index (κ2) is 7.03. The molecular weight excluding hydrogens is 276 g/mol. The van der Waals surface area contributed by atoms with Gasteiger partial charge in [-0.05, 0) is 6.92 Å². The molecule has 7 heteroatoms. The van der Waals surface area contributed by atoms with Gasteiger partial charge in [-0.3, -0.25) is 4.79 Å². The first kappa shape index (κ1) is 16.9. The van der Waals surface area contributed by atoms with Crippen molar-refractivity contribution in [3.8, 4) is 23.0 Å². The second-order valence-corrected chi connectivity index (χ2v) is 4.74. The van der Waals surface area contributed by atoms with Gasteiger partial charge in [-0.1, -0.05) is 0 Å². The van der Waals surface area contributed by atoms with Crippen LogP contribution in [0.15, 0.2) is 12.1 Å². The maximum absolute atomic E-state index is 11.1. The summed E-state index contributed by atoms with van der Waals surface area (Å²) >= 11 is 0. The zero-order valence-corrected chi connectivity index (χ0v) is 12.8. The lowest BCUT2D eigenvalue weighted by atomic mass is 9.99. The molecule has 1 unspecified atom stereocenters. The minimum absolute atomic E-state index is 0.231. The molecule has 0 spiro atoms. The van der Waals surface area contributed by atoms with Gasteiger partial charge in [0.15, 0.2) is 11.5 Å². The topological polar surface area (TPSA) is 106 Å². The van der Waals surface area contributed by atoms with Crippen molar-refractivity contribution in [2.45, 2.75) is 18.9 Å². The number of amides is 1. The Morgan fingerprint density at radius 1 is 1.14 bits per heavy atom. The number of carbonyl (C=O) groups is 1. The molecule has 7 nitrogen and oxygen atoms in total. The first-order valence-electron chi connectivity index (χ1n) is 6.37. The molecule has 0 bridgehead atoms. The summed E-state index contributed by atoms with van der Waals surface area (Å²) in [5.41, 5.74) is 9.85. The number of nitrogens with two attached hydrogens (primary N) is 2. The Hall–Kier alpha value is -2.15. The fourth-order valence-corrected chi connectivity index (χ4v) is 1.64. The normalized spacial score (nSPS) is 13.2. The summed E-state index contributed by atoms with van der Waals surface area (Å²) in [5.74, 6) is 1.39. The molecule has 0 radical (unpaired) electrons. The molecule has 1 aromatic rings. The molecule has 1 atom stereocenters. The smallest absolute Gasteiger partial charge is 0.237 e. The molecule has 0 aliphatic rings. The molecule has 21 heavy (non-hydrogen) atoms. The van der Waals surface area contributed by atoms with Crippen LogP contribution in [0.1, 0.15) is 13.3 Å². The number of carbonyl (C=O) groups excluding carboxylic acids is 1. The maximum atomic E-state index is 11.1. The van der Waals surface area contributed by atoms with E-state index in [9.17, 15) is 4.79 Å². The van der Waals surface area contributed by atoms with Crippen molar-refractivity contribution in [1.29, 1.82) is 0 Å². The van der Waals surface area contributed by atoms with Crippen LogP contribution in [0, 0.1) is 0 Å². The van der Waals surface area contributed by atoms with Gasteiger partial charge in [-0.2, -0.15) is 0 Å². The average molecular weight is 298 g/mol. The summed E-state index contributed by atoms with van der Waals surface area (Å²) in [6.07, 6.45) is 0.291. The van der Waals surface area contributed by atoms with Crippen molar-refractivity contribution >= 4 is 5.91 Å². The lowest BCUT2D eigenvalue weighted by molar-refractivity contribution is -0.123. The summed E-state index contributed by atoms with van der Waals surface area (Å²) in [6.45, 7) is 1.79. The van der Waals surface area contributed by atoms with Gasteiger partial charge in [0, 0.05) is 18.6 Å². The molecule has 0 saturated carbocycles. The second-order valence-electron chi connectivity index (χ2n) is 4.74. The zero-order valence-electron chi connectivity index (χ0n) is 12.8. The fraction of sp³-hybridized carbons (Fsp3) is 0.500. The number of benzene rings is 1. The number of hydrogen-bond donors (Lipinski definition) is 2. The van der Waals surface area contributed by atoms with Crippen LogP contribution >= 0.6 is 0 Å². The third-order valence-corrected chi connectivity index (χ3v) is 3.09. The van der Waals surface area contributed by atoms with Crippen LogP contribution in [-0.2, 0) is 4.79 Å². The van der Waals surface area contributed by atoms with Crippen molar-refractivity contribution in [2.24, 2.45) is 11.5 Å². The van der Waals surface area contributed by atoms with Gasteiger partial charge >= 0.3 is 0 Å². The monoisotopic (exact) mass is 298 g/mol. The van der Waals surface area contributed by atoms with E-state index in [0.29, 0.717) is 29.4 Å². The quantitative estimate of drug-likeness (QED) is 0.731. The van der Waals surface area contributed by atoms with E-state index in [1.165, 1.54) is 21.3 Å². The molecule has 1 aromatic carbocycles. The lowest BCUT2D eigenvalue weighted by Crippen LogP contribution is -2.50. The minimum Gasteiger partial charge on any atom is -0.493 e. The van der Waals surface area contributed by atoms with Gasteiger partial charge in [0.05, 0.1) is 33.5 Å². The van der Waals surface area contributed by atoms with E-state index in [-0.39, 0.29) is 6.61 Å². The van der Waals surface area contributed by atoms with Crippen LogP contribution in [0.5, 0.6) is 23.0 Å². The molecule has 1 rings (SSSR count). The van der Waals surface area contributed by atoms with Crippen molar-refractivity contribution in [3.05, 3.63) is 12.1 Å². The molecule has 1 amide bonds. The minimum atomic E-state index is -1.11. The molecular formula is C14H22N2O5. The first-order valence-corrected chi connectivity index (χ1v) is 6.37. The summed E-state index contributed by atoms with van der Waals surface area (Å²) in [6, 6.07) is 3.33. The highest BCUT2D eigenvalue weighted by Gasteiger charge is 2.25. The van der Waals surface area contributed by atoms with Crippen LogP contribution in [-0.4, -0.2) is 39.4 Å². The van der Waals surface area contributed by atoms with E-state index >= 15 is 0 Å². The number of rotatable bonds is 8. The Kier molecular flexibility index (Phi) is 5.66. The van der Waals surface area contributed by atoms with Crippen molar-refractivity contribution in [2.75, 3.05) is 27.9 Å². The zero-order chi connectivity index (χ0) is 16.0. The molecule has 0 aliphatic carbocycles. The Labute approximate surface area is 124 Å². The van der Waals surface area contributed by atoms with E-state index in [1.807, 2.05) is 0 Å².